The van der Waals surface area contributed by atoms with E-state index in [0.717, 1.165) is 15.8 Å². The van der Waals surface area contributed by atoms with E-state index in [1.165, 1.54) is 11.3 Å². The first kappa shape index (κ1) is 13.7. The summed E-state index contributed by atoms with van der Waals surface area (Å²) in [7, 11) is 0. The monoisotopic (exact) mass is 300 g/mol. The summed E-state index contributed by atoms with van der Waals surface area (Å²) >= 11 is 1.47. The number of thiophene rings is 1. The van der Waals surface area contributed by atoms with Crippen molar-refractivity contribution >= 4 is 33.0 Å². The van der Waals surface area contributed by atoms with Crippen LogP contribution in [0.1, 0.15) is 22.4 Å². The molecule has 4 nitrogen and oxygen atoms in total. The standard InChI is InChI=1S/C16H16N2O2S/c1-10(7-13-3-2-6-20-13)18-16(19)15-9-11-8-12(17)4-5-14(11)21-15/h2-6,8-10H,7,17H2,1H3,(H,18,19). The molecule has 0 aliphatic rings. The average Bonchev–Trinajstić information content (AvgIpc) is 3.06. The van der Waals surface area contributed by atoms with Gasteiger partial charge in [0.2, 0.25) is 0 Å². The predicted molar refractivity (Wildman–Crippen MR) is 85.6 cm³/mol. The van der Waals surface area contributed by atoms with Crippen molar-refractivity contribution in [1.82, 2.24) is 5.32 Å². The molecule has 1 amide bonds. The molecular formula is C16H16N2O2S. The number of furan rings is 1. The van der Waals surface area contributed by atoms with Crippen LogP contribution in [0.2, 0.25) is 0 Å². The lowest BCUT2D eigenvalue weighted by Crippen LogP contribution is -2.33. The summed E-state index contributed by atoms with van der Waals surface area (Å²) in [5.41, 5.74) is 6.47. The number of anilines is 1. The SMILES string of the molecule is CC(Cc1ccco1)NC(=O)c1cc2cc(N)ccc2s1. The molecule has 0 radical (unpaired) electrons. The molecule has 1 aromatic carbocycles. The van der Waals surface area contributed by atoms with Crippen LogP contribution in [0, 0.1) is 0 Å². The van der Waals surface area contributed by atoms with Gasteiger partial charge in [-0.3, -0.25) is 4.79 Å². The third kappa shape index (κ3) is 3.08. The van der Waals surface area contributed by atoms with Crippen LogP contribution in [0.3, 0.4) is 0 Å². The normalized spacial score (nSPS) is 12.4. The van der Waals surface area contributed by atoms with Gasteiger partial charge in [-0.05, 0) is 48.7 Å². The van der Waals surface area contributed by atoms with Gasteiger partial charge in [0, 0.05) is 22.8 Å². The molecule has 3 N–H and O–H groups in total. The van der Waals surface area contributed by atoms with E-state index < -0.39 is 0 Å². The Hall–Kier alpha value is -2.27. The van der Waals surface area contributed by atoms with Crippen LogP contribution in [-0.4, -0.2) is 11.9 Å². The van der Waals surface area contributed by atoms with Crippen molar-refractivity contribution in [3.63, 3.8) is 0 Å². The van der Waals surface area contributed by atoms with E-state index in [1.807, 2.05) is 43.3 Å². The lowest BCUT2D eigenvalue weighted by Gasteiger charge is -2.11. The Bertz CT molecular complexity index is 762. The van der Waals surface area contributed by atoms with Crippen LogP contribution in [0.5, 0.6) is 0 Å². The number of hydrogen-bond acceptors (Lipinski definition) is 4. The highest BCUT2D eigenvalue weighted by Crippen LogP contribution is 2.27. The first-order valence-electron chi connectivity index (χ1n) is 6.74. The lowest BCUT2D eigenvalue weighted by molar-refractivity contribution is 0.0943. The first-order valence-corrected chi connectivity index (χ1v) is 7.56. The zero-order valence-electron chi connectivity index (χ0n) is 11.6. The fourth-order valence-electron chi connectivity index (χ4n) is 2.25. The maximum atomic E-state index is 12.3. The minimum atomic E-state index is -0.0613. The number of hydrogen-bond donors (Lipinski definition) is 2. The zero-order valence-corrected chi connectivity index (χ0v) is 12.4. The predicted octanol–water partition coefficient (Wildman–Crippen LogP) is 3.44. The van der Waals surface area contributed by atoms with Crippen molar-refractivity contribution in [2.24, 2.45) is 0 Å². The third-order valence-electron chi connectivity index (χ3n) is 3.23. The maximum Gasteiger partial charge on any atom is 0.261 e. The van der Waals surface area contributed by atoms with Gasteiger partial charge in [-0.25, -0.2) is 0 Å². The second-order valence-electron chi connectivity index (χ2n) is 5.07. The highest BCUT2D eigenvalue weighted by atomic mass is 32.1. The number of nitrogen functional groups attached to an aromatic ring is 1. The van der Waals surface area contributed by atoms with E-state index in [0.29, 0.717) is 17.0 Å². The van der Waals surface area contributed by atoms with Crippen molar-refractivity contribution in [3.8, 4) is 0 Å². The Morgan fingerprint density at radius 2 is 2.24 bits per heavy atom. The molecule has 0 aliphatic heterocycles. The van der Waals surface area contributed by atoms with E-state index in [9.17, 15) is 4.79 Å². The van der Waals surface area contributed by atoms with Crippen molar-refractivity contribution in [1.29, 1.82) is 0 Å². The highest BCUT2D eigenvalue weighted by Gasteiger charge is 2.14. The molecule has 21 heavy (non-hydrogen) atoms. The fourth-order valence-corrected chi connectivity index (χ4v) is 3.20. The number of nitrogens with one attached hydrogen (secondary N) is 1. The number of rotatable bonds is 4. The molecule has 0 bridgehead atoms. The Kier molecular flexibility index (Phi) is 3.66. The van der Waals surface area contributed by atoms with Gasteiger partial charge in [0.05, 0.1) is 11.1 Å². The summed E-state index contributed by atoms with van der Waals surface area (Å²) in [6, 6.07) is 11.3. The van der Waals surface area contributed by atoms with Crippen molar-refractivity contribution in [2.75, 3.05) is 5.73 Å². The van der Waals surface area contributed by atoms with E-state index >= 15 is 0 Å². The van der Waals surface area contributed by atoms with Crippen LogP contribution in [0.4, 0.5) is 5.69 Å². The Morgan fingerprint density at radius 3 is 3.00 bits per heavy atom. The van der Waals surface area contributed by atoms with Crippen LogP contribution >= 0.6 is 11.3 Å². The molecule has 3 aromatic rings. The quantitative estimate of drug-likeness (QED) is 0.725. The molecule has 1 atom stereocenters. The summed E-state index contributed by atoms with van der Waals surface area (Å²) in [6.45, 7) is 1.96. The van der Waals surface area contributed by atoms with Crippen LogP contribution in [-0.2, 0) is 6.42 Å². The summed E-state index contributed by atoms with van der Waals surface area (Å²) < 4.78 is 6.35. The van der Waals surface area contributed by atoms with Gasteiger partial charge in [0.1, 0.15) is 5.76 Å². The highest BCUT2D eigenvalue weighted by molar-refractivity contribution is 7.20. The van der Waals surface area contributed by atoms with Gasteiger partial charge in [0.15, 0.2) is 0 Å². The van der Waals surface area contributed by atoms with Gasteiger partial charge in [-0.1, -0.05) is 0 Å². The number of carbonyl (C=O) groups is 1. The van der Waals surface area contributed by atoms with E-state index in [4.69, 9.17) is 10.2 Å². The average molecular weight is 300 g/mol. The fraction of sp³-hybridized carbons (Fsp3) is 0.188. The summed E-state index contributed by atoms with van der Waals surface area (Å²) in [6.07, 6.45) is 2.32. The molecule has 3 rings (SSSR count). The van der Waals surface area contributed by atoms with Gasteiger partial charge in [-0.15, -0.1) is 11.3 Å². The molecule has 0 spiro atoms. The summed E-state index contributed by atoms with van der Waals surface area (Å²) in [4.78, 5) is 13.0. The lowest BCUT2D eigenvalue weighted by atomic mass is 10.2. The van der Waals surface area contributed by atoms with Gasteiger partial charge >= 0.3 is 0 Å². The number of amides is 1. The minimum Gasteiger partial charge on any atom is -0.469 e. The second kappa shape index (κ2) is 5.61. The molecule has 0 saturated carbocycles. The van der Waals surface area contributed by atoms with Crippen molar-refractivity contribution < 1.29 is 9.21 Å². The second-order valence-corrected chi connectivity index (χ2v) is 6.15. The Labute approximate surface area is 126 Å². The van der Waals surface area contributed by atoms with Crippen molar-refractivity contribution in [2.45, 2.75) is 19.4 Å². The maximum absolute atomic E-state index is 12.3. The molecule has 2 heterocycles. The third-order valence-corrected chi connectivity index (χ3v) is 4.34. The van der Waals surface area contributed by atoms with E-state index in [1.54, 1.807) is 6.26 Å². The molecule has 0 fully saturated rings. The molecular weight excluding hydrogens is 284 g/mol. The number of carbonyl (C=O) groups excluding carboxylic acids is 1. The van der Waals surface area contributed by atoms with Gasteiger partial charge in [-0.2, -0.15) is 0 Å². The van der Waals surface area contributed by atoms with Crippen LogP contribution in [0.15, 0.2) is 47.1 Å². The molecule has 1 unspecified atom stereocenters. The summed E-state index contributed by atoms with van der Waals surface area (Å²) in [5.74, 6) is 0.806. The zero-order chi connectivity index (χ0) is 14.8. The smallest absolute Gasteiger partial charge is 0.261 e. The van der Waals surface area contributed by atoms with E-state index in [2.05, 4.69) is 5.32 Å². The largest absolute Gasteiger partial charge is 0.469 e. The van der Waals surface area contributed by atoms with Crippen LogP contribution < -0.4 is 11.1 Å². The molecule has 108 valence electrons. The Balaban J connectivity index is 1.71. The molecule has 2 aromatic heterocycles. The number of nitrogens with two attached hydrogens (primary N) is 1. The topological polar surface area (TPSA) is 68.3 Å². The number of fused-ring (bicyclic) bond motifs is 1. The van der Waals surface area contributed by atoms with Gasteiger partial charge < -0.3 is 15.5 Å². The van der Waals surface area contributed by atoms with E-state index in [-0.39, 0.29) is 11.9 Å². The Morgan fingerprint density at radius 1 is 1.38 bits per heavy atom. The molecule has 0 saturated heterocycles. The van der Waals surface area contributed by atoms with Gasteiger partial charge in [0.25, 0.3) is 5.91 Å². The molecule has 0 aliphatic carbocycles. The van der Waals surface area contributed by atoms with Crippen LogP contribution in [0.25, 0.3) is 10.1 Å². The molecule has 5 heteroatoms. The summed E-state index contributed by atoms with van der Waals surface area (Å²) in [5, 5.41) is 3.99. The number of benzene rings is 1. The minimum absolute atomic E-state index is 0.0129. The van der Waals surface area contributed by atoms with Crippen molar-refractivity contribution in [3.05, 3.63) is 53.3 Å². The first-order chi connectivity index (χ1) is 10.1.